The molecule has 3 heteroatoms. The highest BCUT2D eigenvalue weighted by Crippen LogP contribution is 2.14. The summed E-state index contributed by atoms with van der Waals surface area (Å²) in [4.78, 5) is 11.4. The highest BCUT2D eigenvalue weighted by Gasteiger charge is 2.01. The number of rotatable bonds is 4. The number of amides is 1. The van der Waals surface area contributed by atoms with Gasteiger partial charge in [-0.15, -0.1) is 0 Å². The number of nitrogens with one attached hydrogen (secondary N) is 2. The van der Waals surface area contributed by atoms with Gasteiger partial charge in [-0.2, -0.15) is 0 Å². The van der Waals surface area contributed by atoms with Gasteiger partial charge in [0.15, 0.2) is 0 Å². The van der Waals surface area contributed by atoms with E-state index in [1.165, 1.54) is 11.1 Å². The first kappa shape index (κ1) is 11.7. The third-order valence-corrected chi connectivity index (χ3v) is 2.39. The first-order valence-electron chi connectivity index (χ1n) is 5.15. The molecule has 0 aliphatic rings. The highest BCUT2D eigenvalue weighted by atomic mass is 16.1. The lowest BCUT2D eigenvalue weighted by Gasteiger charge is -2.07. The Balaban J connectivity index is 2.57. The van der Waals surface area contributed by atoms with Crippen molar-refractivity contribution in [3.8, 4) is 0 Å². The molecule has 0 spiro atoms. The molecule has 0 fully saturated rings. The van der Waals surface area contributed by atoms with Gasteiger partial charge < -0.3 is 10.6 Å². The second kappa shape index (κ2) is 5.51. The van der Waals surface area contributed by atoms with Crippen LogP contribution in [0.25, 0.3) is 0 Å². The summed E-state index contributed by atoms with van der Waals surface area (Å²) in [5.74, 6) is 0.0487. The fourth-order valence-corrected chi connectivity index (χ4v) is 1.28. The normalized spacial score (nSPS) is 10.1. The van der Waals surface area contributed by atoms with Crippen LogP contribution in [-0.4, -0.2) is 19.5 Å². The van der Waals surface area contributed by atoms with Crippen LogP contribution in [0.3, 0.4) is 0 Å². The Morgan fingerprint density at radius 3 is 2.60 bits per heavy atom. The summed E-state index contributed by atoms with van der Waals surface area (Å²) in [7, 11) is 1.84. The second-order valence-electron chi connectivity index (χ2n) is 3.70. The molecule has 3 nitrogen and oxygen atoms in total. The molecule has 2 N–H and O–H groups in total. The number of benzene rings is 1. The topological polar surface area (TPSA) is 41.1 Å². The number of hydrogen-bond donors (Lipinski definition) is 2. The molecule has 15 heavy (non-hydrogen) atoms. The molecule has 1 rings (SSSR count). The Hall–Kier alpha value is -1.35. The Bertz CT molecular complexity index is 347. The molecule has 0 aliphatic carbocycles. The van der Waals surface area contributed by atoms with Crippen molar-refractivity contribution >= 4 is 11.6 Å². The van der Waals surface area contributed by atoms with E-state index in [9.17, 15) is 4.79 Å². The van der Waals surface area contributed by atoms with E-state index in [-0.39, 0.29) is 5.91 Å². The number of carbonyl (C=O) groups is 1. The fourth-order valence-electron chi connectivity index (χ4n) is 1.28. The average Bonchev–Trinajstić information content (AvgIpc) is 2.20. The van der Waals surface area contributed by atoms with Crippen LogP contribution in [0.15, 0.2) is 18.2 Å². The van der Waals surface area contributed by atoms with E-state index in [1.54, 1.807) is 0 Å². The molecular weight excluding hydrogens is 188 g/mol. The van der Waals surface area contributed by atoms with Crippen molar-refractivity contribution < 1.29 is 4.79 Å². The van der Waals surface area contributed by atoms with Crippen molar-refractivity contribution in [1.82, 2.24) is 5.32 Å². The summed E-state index contributed by atoms with van der Waals surface area (Å²) < 4.78 is 0. The quantitative estimate of drug-likeness (QED) is 0.789. The van der Waals surface area contributed by atoms with Gasteiger partial charge in [-0.25, -0.2) is 0 Å². The van der Waals surface area contributed by atoms with Crippen LogP contribution in [0.2, 0.25) is 0 Å². The Kier molecular flexibility index (Phi) is 4.31. The van der Waals surface area contributed by atoms with Crippen LogP contribution < -0.4 is 10.6 Å². The lowest BCUT2D eigenvalue weighted by molar-refractivity contribution is -0.116. The summed E-state index contributed by atoms with van der Waals surface area (Å²) >= 11 is 0. The van der Waals surface area contributed by atoms with E-state index in [0.717, 1.165) is 5.69 Å². The van der Waals surface area contributed by atoms with Crippen LogP contribution in [0.5, 0.6) is 0 Å². The zero-order chi connectivity index (χ0) is 11.3. The molecule has 0 radical (unpaired) electrons. The van der Waals surface area contributed by atoms with Crippen LogP contribution in [0.1, 0.15) is 17.5 Å². The lowest BCUT2D eigenvalue weighted by Crippen LogP contribution is -2.18. The molecule has 1 amide bonds. The summed E-state index contributed by atoms with van der Waals surface area (Å²) in [6.45, 7) is 4.80. The van der Waals surface area contributed by atoms with E-state index in [1.807, 2.05) is 32.2 Å². The maximum absolute atomic E-state index is 11.4. The third-order valence-electron chi connectivity index (χ3n) is 2.39. The first-order chi connectivity index (χ1) is 7.13. The van der Waals surface area contributed by atoms with Crippen LogP contribution >= 0.6 is 0 Å². The first-order valence-corrected chi connectivity index (χ1v) is 5.15. The molecule has 0 saturated carbocycles. The number of carbonyl (C=O) groups excluding carboxylic acids is 1. The van der Waals surface area contributed by atoms with Gasteiger partial charge in [0, 0.05) is 18.7 Å². The van der Waals surface area contributed by atoms with Crippen molar-refractivity contribution in [3.63, 3.8) is 0 Å². The smallest absolute Gasteiger partial charge is 0.225 e. The molecule has 0 unspecified atom stereocenters. The standard InChI is InChI=1S/C12H18N2O/c1-9-4-5-11(8-10(9)2)14-12(15)6-7-13-3/h4-5,8,13H,6-7H2,1-3H3,(H,14,15). The van der Waals surface area contributed by atoms with Gasteiger partial charge in [-0.05, 0) is 44.2 Å². The Morgan fingerprint density at radius 1 is 1.27 bits per heavy atom. The summed E-state index contributed by atoms with van der Waals surface area (Å²) in [5.41, 5.74) is 3.31. The predicted molar refractivity (Wildman–Crippen MR) is 63.1 cm³/mol. The molecule has 1 aromatic carbocycles. The fraction of sp³-hybridized carbons (Fsp3) is 0.417. The molecule has 0 bridgehead atoms. The summed E-state index contributed by atoms with van der Waals surface area (Å²) in [6.07, 6.45) is 0.503. The number of anilines is 1. The molecule has 0 atom stereocenters. The minimum absolute atomic E-state index is 0.0487. The summed E-state index contributed by atoms with van der Waals surface area (Å²) in [6, 6.07) is 5.94. The van der Waals surface area contributed by atoms with Gasteiger partial charge in [-0.3, -0.25) is 4.79 Å². The van der Waals surface area contributed by atoms with Gasteiger partial charge in [0.2, 0.25) is 5.91 Å². The van der Waals surface area contributed by atoms with Crippen molar-refractivity contribution in [2.45, 2.75) is 20.3 Å². The van der Waals surface area contributed by atoms with Crippen LogP contribution in [-0.2, 0) is 4.79 Å². The van der Waals surface area contributed by atoms with Crippen molar-refractivity contribution in [1.29, 1.82) is 0 Å². The monoisotopic (exact) mass is 206 g/mol. The van der Waals surface area contributed by atoms with E-state index in [4.69, 9.17) is 0 Å². The van der Waals surface area contributed by atoms with Crippen molar-refractivity contribution in [2.24, 2.45) is 0 Å². The SMILES string of the molecule is CNCCC(=O)Nc1ccc(C)c(C)c1. The van der Waals surface area contributed by atoms with E-state index >= 15 is 0 Å². The summed E-state index contributed by atoms with van der Waals surface area (Å²) in [5, 5.41) is 5.81. The van der Waals surface area contributed by atoms with Gasteiger partial charge in [0.05, 0.1) is 0 Å². The van der Waals surface area contributed by atoms with Crippen molar-refractivity contribution in [3.05, 3.63) is 29.3 Å². The van der Waals surface area contributed by atoms with Gasteiger partial charge in [0.1, 0.15) is 0 Å². The number of hydrogen-bond acceptors (Lipinski definition) is 2. The van der Waals surface area contributed by atoms with E-state index < -0.39 is 0 Å². The molecule has 82 valence electrons. The van der Waals surface area contributed by atoms with Crippen LogP contribution in [0, 0.1) is 13.8 Å². The molecule has 0 heterocycles. The van der Waals surface area contributed by atoms with E-state index in [0.29, 0.717) is 13.0 Å². The maximum atomic E-state index is 11.4. The molecular formula is C12H18N2O. The number of aryl methyl sites for hydroxylation is 2. The molecule has 1 aromatic rings. The average molecular weight is 206 g/mol. The zero-order valence-electron chi connectivity index (χ0n) is 9.55. The highest BCUT2D eigenvalue weighted by molar-refractivity contribution is 5.90. The zero-order valence-corrected chi connectivity index (χ0v) is 9.55. The van der Waals surface area contributed by atoms with Gasteiger partial charge >= 0.3 is 0 Å². The Morgan fingerprint density at radius 2 is 2.00 bits per heavy atom. The Labute approximate surface area is 90.9 Å². The third kappa shape index (κ3) is 3.72. The largest absolute Gasteiger partial charge is 0.326 e. The van der Waals surface area contributed by atoms with Crippen molar-refractivity contribution in [2.75, 3.05) is 18.9 Å². The molecule has 0 aliphatic heterocycles. The lowest BCUT2D eigenvalue weighted by atomic mass is 10.1. The predicted octanol–water partition coefficient (Wildman–Crippen LogP) is 1.85. The minimum atomic E-state index is 0.0487. The van der Waals surface area contributed by atoms with E-state index in [2.05, 4.69) is 17.6 Å². The second-order valence-corrected chi connectivity index (χ2v) is 3.70. The van der Waals surface area contributed by atoms with Crippen LogP contribution in [0.4, 0.5) is 5.69 Å². The van der Waals surface area contributed by atoms with Gasteiger partial charge in [-0.1, -0.05) is 6.07 Å². The maximum Gasteiger partial charge on any atom is 0.225 e. The minimum Gasteiger partial charge on any atom is -0.326 e. The van der Waals surface area contributed by atoms with Gasteiger partial charge in [0.25, 0.3) is 0 Å². The molecule has 0 saturated heterocycles. The molecule has 0 aromatic heterocycles.